The molecule has 2 bridgehead atoms. The lowest BCUT2D eigenvalue weighted by Gasteiger charge is -2.46. The fourth-order valence-electron chi connectivity index (χ4n) is 7.69. The van der Waals surface area contributed by atoms with Gasteiger partial charge in [-0.1, -0.05) is 31.0 Å². The highest BCUT2D eigenvalue weighted by atomic mass is 35.5. The summed E-state index contributed by atoms with van der Waals surface area (Å²) in [7, 11) is 3.84. The molecule has 1 spiro atoms. The maximum Gasteiger partial charge on any atom is 0.263 e. The summed E-state index contributed by atoms with van der Waals surface area (Å²) in [5.41, 5.74) is 3.97. The van der Waals surface area contributed by atoms with Crippen LogP contribution in [0.15, 0.2) is 36.4 Å². The second kappa shape index (κ2) is 15.3. The molecule has 258 valence electrons. The van der Waals surface area contributed by atoms with Gasteiger partial charge in [0.1, 0.15) is 16.7 Å². The first kappa shape index (κ1) is 35.7. The minimum absolute atomic E-state index is 0.0926. The zero-order valence-corrected chi connectivity index (χ0v) is 30.4. The van der Waals surface area contributed by atoms with Crippen LogP contribution in [0.1, 0.15) is 87.2 Å². The Bertz CT molecular complexity index is 1470. The van der Waals surface area contributed by atoms with Crippen LogP contribution in [0.4, 0.5) is 5.69 Å². The van der Waals surface area contributed by atoms with Gasteiger partial charge in [0.25, 0.3) is 5.91 Å². The number of hydrogen-bond donors (Lipinski definition) is 1. The molecule has 1 fully saturated rings. The molecule has 2 aliphatic carbocycles. The molecule has 0 saturated heterocycles. The van der Waals surface area contributed by atoms with Crippen molar-refractivity contribution in [2.75, 3.05) is 45.8 Å². The van der Waals surface area contributed by atoms with E-state index in [9.17, 15) is 13.8 Å². The highest BCUT2D eigenvalue weighted by molar-refractivity contribution is 7.84. The van der Waals surface area contributed by atoms with Crippen molar-refractivity contribution >= 4 is 40.1 Å². The SMILES string of the molecule is CC(=O)N(C)C.COC1CCCC(C)C(C)S(=O)NC(=O)c2ccc3c(c2)N(CC2CCC21)C[C@@]1(CCCc2cc(Cl)ccc21)CO3. The minimum Gasteiger partial charge on any atom is -0.490 e. The number of ether oxygens (including phenoxy) is 2. The minimum atomic E-state index is -1.47. The lowest BCUT2D eigenvalue weighted by Crippen LogP contribution is -2.49. The third-order valence-electron chi connectivity index (χ3n) is 11.1. The summed E-state index contributed by atoms with van der Waals surface area (Å²) in [6.45, 7) is 7.94. The number of carbonyl (C=O) groups is 2. The van der Waals surface area contributed by atoms with E-state index in [0.29, 0.717) is 24.0 Å². The Hall–Kier alpha value is -2.62. The van der Waals surface area contributed by atoms with Crippen LogP contribution in [0.5, 0.6) is 5.75 Å². The summed E-state index contributed by atoms with van der Waals surface area (Å²) in [4.78, 5) is 27.4. The fraction of sp³-hybridized carbons (Fsp3) is 0.622. The Kier molecular flexibility index (Phi) is 11.6. The number of fused-ring (bicyclic) bond motifs is 4. The second-order valence-electron chi connectivity index (χ2n) is 14.3. The molecule has 8 nitrogen and oxygen atoms in total. The molecule has 6 unspecified atom stereocenters. The Morgan fingerprint density at radius 1 is 1.11 bits per heavy atom. The van der Waals surface area contributed by atoms with E-state index in [-0.39, 0.29) is 34.5 Å². The van der Waals surface area contributed by atoms with Crippen molar-refractivity contribution in [1.29, 1.82) is 0 Å². The number of carbonyl (C=O) groups excluding carboxylic acids is 2. The number of rotatable bonds is 1. The molecule has 2 aromatic rings. The molecule has 1 saturated carbocycles. The van der Waals surface area contributed by atoms with Crippen LogP contribution in [0.3, 0.4) is 0 Å². The number of aryl methyl sites for hydroxylation is 1. The molecule has 2 aromatic carbocycles. The van der Waals surface area contributed by atoms with Gasteiger partial charge in [-0.2, -0.15) is 0 Å². The van der Waals surface area contributed by atoms with E-state index in [0.717, 1.165) is 68.1 Å². The van der Waals surface area contributed by atoms with Gasteiger partial charge in [0.15, 0.2) is 0 Å². The quantitative estimate of drug-likeness (QED) is 0.366. The average molecular weight is 686 g/mol. The summed E-state index contributed by atoms with van der Waals surface area (Å²) in [5.74, 6) is 1.87. The fourth-order valence-corrected chi connectivity index (χ4v) is 8.93. The Morgan fingerprint density at radius 3 is 2.55 bits per heavy atom. The van der Waals surface area contributed by atoms with E-state index in [1.165, 1.54) is 35.8 Å². The molecule has 0 radical (unpaired) electrons. The molecule has 6 rings (SSSR count). The monoisotopic (exact) mass is 685 g/mol. The largest absolute Gasteiger partial charge is 0.490 e. The van der Waals surface area contributed by atoms with E-state index in [2.05, 4.69) is 28.7 Å². The van der Waals surface area contributed by atoms with E-state index in [1.807, 2.05) is 32.2 Å². The molecule has 2 aliphatic heterocycles. The van der Waals surface area contributed by atoms with Gasteiger partial charge < -0.3 is 19.3 Å². The zero-order chi connectivity index (χ0) is 33.9. The van der Waals surface area contributed by atoms with Crippen LogP contribution >= 0.6 is 11.6 Å². The van der Waals surface area contributed by atoms with E-state index in [4.69, 9.17) is 21.1 Å². The lowest BCUT2D eigenvalue weighted by atomic mass is 9.68. The normalized spacial score (nSPS) is 30.6. The van der Waals surface area contributed by atoms with Gasteiger partial charge in [-0.05, 0) is 111 Å². The van der Waals surface area contributed by atoms with Crippen molar-refractivity contribution in [2.45, 2.75) is 88.9 Å². The van der Waals surface area contributed by atoms with Crippen molar-refractivity contribution in [1.82, 2.24) is 9.62 Å². The predicted molar refractivity (Wildman–Crippen MR) is 190 cm³/mol. The second-order valence-corrected chi connectivity index (χ2v) is 16.3. The lowest BCUT2D eigenvalue weighted by molar-refractivity contribution is -0.126. The van der Waals surface area contributed by atoms with Gasteiger partial charge in [0.2, 0.25) is 5.91 Å². The number of nitrogens with one attached hydrogen (secondary N) is 1. The Morgan fingerprint density at radius 2 is 1.87 bits per heavy atom. The first-order valence-corrected chi connectivity index (χ1v) is 18.7. The molecule has 10 heteroatoms. The molecule has 2 heterocycles. The summed E-state index contributed by atoms with van der Waals surface area (Å²) in [6, 6.07) is 12.0. The van der Waals surface area contributed by atoms with E-state index >= 15 is 0 Å². The van der Waals surface area contributed by atoms with Gasteiger partial charge in [-0.3, -0.25) is 14.3 Å². The summed E-state index contributed by atoms with van der Waals surface area (Å²) < 4.78 is 28.7. The molecule has 0 aromatic heterocycles. The predicted octanol–water partition coefficient (Wildman–Crippen LogP) is 6.55. The van der Waals surface area contributed by atoms with Gasteiger partial charge in [0, 0.05) is 57.2 Å². The van der Waals surface area contributed by atoms with Crippen LogP contribution < -0.4 is 14.4 Å². The van der Waals surface area contributed by atoms with Crippen molar-refractivity contribution in [3.8, 4) is 5.75 Å². The zero-order valence-electron chi connectivity index (χ0n) is 28.9. The van der Waals surface area contributed by atoms with Gasteiger partial charge in [-0.15, -0.1) is 0 Å². The number of hydrogen-bond acceptors (Lipinski definition) is 6. The van der Waals surface area contributed by atoms with Crippen molar-refractivity contribution in [3.63, 3.8) is 0 Å². The Labute approximate surface area is 288 Å². The maximum absolute atomic E-state index is 13.4. The van der Waals surface area contributed by atoms with E-state index in [1.54, 1.807) is 20.2 Å². The molecule has 1 N–H and O–H groups in total. The van der Waals surface area contributed by atoms with Gasteiger partial charge in [-0.25, -0.2) is 4.21 Å². The number of nitrogens with zero attached hydrogens (tertiary/aromatic N) is 2. The molecule has 4 aliphatic rings. The third-order valence-corrected chi connectivity index (χ3v) is 12.9. The number of amides is 2. The first-order chi connectivity index (χ1) is 22.4. The molecule has 7 atom stereocenters. The van der Waals surface area contributed by atoms with Crippen LogP contribution in [-0.4, -0.2) is 73.2 Å². The van der Waals surface area contributed by atoms with Crippen molar-refractivity contribution in [3.05, 3.63) is 58.1 Å². The summed E-state index contributed by atoms with van der Waals surface area (Å²) in [5, 5.41) is 0.646. The highest BCUT2D eigenvalue weighted by Crippen LogP contribution is 2.47. The molecule has 2 amide bonds. The smallest absolute Gasteiger partial charge is 0.263 e. The number of halogens is 1. The van der Waals surface area contributed by atoms with Crippen LogP contribution in [0.25, 0.3) is 0 Å². The maximum atomic E-state index is 13.4. The molecular formula is C37H52ClN3O5S. The van der Waals surface area contributed by atoms with E-state index < -0.39 is 11.0 Å². The topological polar surface area (TPSA) is 88.2 Å². The van der Waals surface area contributed by atoms with Gasteiger partial charge >= 0.3 is 0 Å². The molecular weight excluding hydrogens is 634 g/mol. The van der Waals surface area contributed by atoms with Crippen LogP contribution in [0.2, 0.25) is 5.02 Å². The standard InChI is InChI=1S/C33H43ClN2O4S.C4H9NO/c1-21-6-4-8-30(39-3)27-12-9-25(27)18-36-19-33(15-5-7-23-16-26(34)11-13-28(23)33)20-40-31-14-10-24(17-29(31)36)32(37)35-41(38)22(21)2;1-4(6)5(2)3/h10-11,13-14,16-17,21-22,25,27,30H,4-9,12,15,18-20H2,1-3H3,(H,35,37);1-3H3/t21?,22?,25?,27?,30?,33-,41?;/m0./s1. The Balaban J connectivity index is 0.000000662. The van der Waals surface area contributed by atoms with Crippen LogP contribution in [-0.2, 0) is 32.4 Å². The first-order valence-electron chi connectivity index (χ1n) is 17.2. The number of benzene rings is 2. The van der Waals surface area contributed by atoms with Crippen molar-refractivity contribution in [2.24, 2.45) is 17.8 Å². The van der Waals surface area contributed by atoms with Crippen molar-refractivity contribution < 1.29 is 23.3 Å². The number of methoxy groups -OCH3 is 1. The summed E-state index contributed by atoms with van der Waals surface area (Å²) in [6.07, 6.45) is 8.77. The highest BCUT2D eigenvalue weighted by Gasteiger charge is 2.44. The summed E-state index contributed by atoms with van der Waals surface area (Å²) >= 11 is 6.42. The van der Waals surface area contributed by atoms with Gasteiger partial charge in [0.05, 0.1) is 23.6 Å². The van der Waals surface area contributed by atoms with Crippen LogP contribution in [0, 0.1) is 17.8 Å². The average Bonchev–Trinajstić information content (AvgIpc) is 3.18. The third kappa shape index (κ3) is 8.00. The number of anilines is 1. The molecule has 47 heavy (non-hydrogen) atoms.